The molecule has 2 fully saturated rings. The van der Waals surface area contributed by atoms with E-state index in [1.807, 2.05) is 29.6 Å². The third-order valence-electron chi connectivity index (χ3n) is 5.34. The van der Waals surface area contributed by atoms with Crippen molar-refractivity contribution >= 4 is 46.1 Å². The zero-order valence-corrected chi connectivity index (χ0v) is 17.5. The number of carbonyl (C=O) groups is 2. The number of amides is 2. The molecule has 0 bridgehead atoms. The fraction of sp³-hybridized carbons (Fsp3) is 0.182. The molecule has 0 radical (unpaired) electrons. The second-order valence-electron chi connectivity index (χ2n) is 7.03. The van der Waals surface area contributed by atoms with Crippen LogP contribution in [-0.4, -0.2) is 25.0 Å². The number of anilines is 2. The summed E-state index contributed by atoms with van der Waals surface area (Å²) in [6, 6.07) is 17.5. The number of hydrogen-bond donors (Lipinski definition) is 0. The lowest BCUT2D eigenvalue weighted by atomic mass is 9.95. The van der Waals surface area contributed by atoms with Gasteiger partial charge in [-0.3, -0.25) is 14.4 Å². The first-order valence-electron chi connectivity index (χ1n) is 9.35. The summed E-state index contributed by atoms with van der Waals surface area (Å²) in [5.74, 6) is -0.744. The number of halogens is 1. The summed E-state index contributed by atoms with van der Waals surface area (Å²) in [7, 11) is 1.54. The highest BCUT2D eigenvalue weighted by atomic mass is 35.5. The molecule has 0 spiro atoms. The number of hydrogen-bond acceptors (Lipinski definition) is 6. The van der Waals surface area contributed by atoms with Crippen LogP contribution in [0.4, 0.5) is 11.4 Å². The maximum absolute atomic E-state index is 13.5. The Kier molecular flexibility index (Phi) is 4.73. The van der Waals surface area contributed by atoms with E-state index in [-0.39, 0.29) is 11.8 Å². The van der Waals surface area contributed by atoms with Crippen LogP contribution in [0, 0.1) is 5.92 Å². The topological polar surface area (TPSA) is 59.1 Å². The van der Waals surface area contributed by atoms with Gasteiger partial charge in [-0.05, 0) is 47.8 Å². The number of ether oxygens (including phenoxy) is 1. The highest BCUT2D eigenvalue weighted by Gasteiger charge is 2.60. The number of fused-ring (bicyclic) bond motifs is 1. The molecule has 2 aliphatic rings. The van der Waals surface area contributed by atoms with Crippen molar-refractivity contribution in [3.63, 3.8) is 0 Å². The molecule has 6 nitrogen and oxygen atoms in total. The largest absolute Gasteiger partial charge is 0.497 e. The first-order valence-corrected chi connectivity index (χ1v) is 10.6. The Labute approximate surface area is 182 Å². The van der Waals surface area contributed by atoms with Gasteiger partial charge in [-0.25, -0.2) is 9.96 Å². The van der Waals surface area contributed by atoms with Crippen LogP contribution in [0.5, 0.6) is 5.75 Å². The smallest absolute Gasteiger partial charge is 0.266 e. The Bertz CT molecular complexity index is 1100. The molecule has 2 saturated heterocycles. The van der Waals surface area contributed by atoms with Gasteiger partial charge in [0.05, 0.1) is 18.5 Å². The summed E-state index contributed by atoms with van der Waals surface area (Å²) in [5, 5.41) is 4.21. The number of benzene rings is 2. The van der Waals surface area contributed by atoms with Crippen molar-refractivity contribution in [3.8, 4) is 5.75 Å². The van der Waals surface area contributed by atoms with Crippen LogP contribution in [0.2, 0.25) is 5.02 Å². The molecule has 0 unspecified atom stereocenters. The summed E-state index contributed by atoms with van der Waals surface area (Å²) in [6.07, 6.45) is -0.897. The molecule has 2 aliphatic heterocycles. The Morgan fingerprint density at radius 1 is 1.00 bits per heavy atom. The fourth-order valence-corrected chi connectivity index (χ4v) is 4.96. The average Bonchev–Trinajstić information content (AvgIpc) is 3.46. The highest BCUT2D eigenvalue weighted by molar-refractivity contribution is 7.10. The second kappa shape index (κ2) is 7.43. The van der Waals surface area contributed by atoms with E-state index in [2.05, 4.69) is 0 Å². The van der Waals surface area contributed by atoms with Crippen LogP contribution in [0.1, 0.15) is 10.9 Å². The van der Waals surface area contributed by atoms with Crippen LogP contribution >= 0.6 is 22.9 Å². The molecular weight excluding hydrogens is 424 g/mol. The van der Waals surface area contributed by atoms with Crippen molar-refractivity contribution in [1.82, 2.24) is 0 Å². The summed E-state index contributed by atoms with van der Waals surface area (Å²) >= 11 is 7.55. The zero-order chi connectivity index (χ0) is 20.8. The molecule has 30 heavy (non-hydrogen) atoms. The number of rotatable bonds is 4. The van der Waals surface area contributed by atoms with Gasteiger partial charge in [0.2, 0.25) is 5.91 Å². The Morgan fingerprint density at radius 2 is 1.80 bits per heavy atom. The van der Waals surface area contributed by atoms with E-state index in [0.29, 0.717) is 16.5 Å². The highest BCUT2D eigenvalue weighted by Crippen LogP contribution is 2.48. The number of nitrogens with zero attached hydrogens (tertiary/aromatic N) is 2. The molecule has 0 N–H and O–H groups in total. The third kappa shape index (κ3) is 2.98. The minimum atomic E-state index is -0.897. The fourth-order valence-electron chi connectivity index (χ4n) is 3.98. The molecule has 5 rings (SSSR count). The standard InChI is InChI=1S/C22H17ClN2O4S/c1-28-16-5-2-4-15(12-16)24-21(26)18-19(17-6-3-11-30-17)25(29-20(18)22(24)27)14-9-7-13(23)8-10-14/h2-12,18-20H,1H3/t18-,19+,20-/m0/s1. The van der Waals surface area contributed by atoms with Crippen molar-refractivity contribution in [2.24, 2.45) is 5.92 Å². The van der Waals surface area contributed by atoms with E-state index < -0.39 is 18.1 Å². The van der Waals surface area contributed by atoms with Gasteiger partial charge < -0.3 is 4.74 Å². The van der Waals surface area contributed by atoms with Crippen LogP contribution in [0.25, 0.3) is 0 Å². The number of imide groups is 1. The molecule has 1 aromatic heterocycles. The van der Waals surface area contributed by atoms with Gasteiger partial charge in [-0.15, -0.1) is 11.3 Å². The van der Waals surface area contributed by atoms with Crippen molar-refractivity contribution in [1.29, 1.82) is 0 Å². The zero-order valence-electron chi connectivity index (χ0n) is 15.9. The first kappa shape index (κ1) is 19.1. The summed E-state index contributed by atoms with van der Waals surface area (Å²) in [5.41, 5.74) is 1.21. The van der Waals surface area contributed by atoms with Crippen LogP contribution in [0.3, 0.4) is 0 Å². The Balaban J connectivity index is 1.55. The lowest BCUT2D eigenvalue weighted by molar-refractivity contribution is -0.126. The van der Waals surface area contributed by atoms with E-state index >= 15 is 0 Å². The van der Waals surface area contributed by atoms with Gasteiger partial charge in [-0.1, -0.05) is 23.7 Å². The minimum absolute atomic E-state index is 0.284. The molecule has 3 heterocycles. The van der Waals surface area contributed by atoms with Crippen LogP contribution in [0.15, 0.2) is 66.0 Å². The van der Waals surface area contributed by atoms with E-state index in [9.17, 15) is 9.59 Å². The quantitative estimate of drug-likeness (QED) is 0.560. The van der Waals surface area contributed by atoms with Gasteiger partial charge in [0.1, 0.15) is 17.7 Å². The molecule has 2 aromatic carbocycles. The SMILES string of the molecule is COc1cccc(N2C(=O)[C@@H]3[C@H](ON(c4ccc(Cl)cc4)[C@@H]3c3cccs3)C2=O)c1. The second-order valence-corrected chi connectivity index (χ2v) is 8.44. The van der Waals surface area contributed by atoms with Gasteiger partial charge in [0, 0.05) is 16.0 Å². The van der Waals surface area contributed by atoms with E-state index in [0.717, 1.165) is 10.6 Å². The number of methoxy groups -OCH3 is 1. The Hall–Kier alpha value is -2.87. The molecule has 2 amide bonds. The predicted octanol–water partition coefficient (Wildman–Crippen LogP) is 4.46. The first-order chi connectivity index (χ1) is 14.6. The average molecular weight is 441 g/mol. The maximum Gasteiger partial charge on any atom is 0.266 e. The number of thiophene rings is 1. The van der Waals surface area contributed by atoms with Gasteiger partial charge >= 0.3 is 0 Å². The molecule has 152 valence electrons. The molecule has 0 aliphatic carbocycles. The van der Waals surface area contributed by atoms with E-state index in [1.165, 1.54) is 16.2 Å². The lowest BCUT2D eigenvalue weighted by Gasteiger charge is -2.28. The van der Waals surface area contributed by atoms with Crippen molar-refractivity contribution < 1.29 is 19.2 Å². The van der Waals surface area contributed by atoms with Crippen molar-refractivity contribution in [2.45, 2.75) is 12.1 Å². The predicted molar refractivity (Wildman–Crippen MR) is 115 cm³/mol. The maximum atomic E-state index is 13.5. The monoisotopic (exact) mass is 440 g/mol. The van der Waals surface area contributed by atoms with Crippen molar-refractivity contribution in [3.05, 3.63) is 75.9 Å². The Morgan fingerprint density at radius 3 is 2.50 bits per heavy atom. The third-order valence-corrected chi connectivity index (χ3v) is 6.54. The summed E-state index contributed by atoms with van der Waals surface area (Å²) in [4.78, 5) is 35.0. The van der Waals surface area contributed by atoms with Crippen LogP contribution in [-0.2, 0) is 14.4 Å². The molecule has 0 saturated carbocycles. The number of carbonyl (C=O) groups excluding carboxylic acids is 2. The normalized spacial score (nSPS) is 23.2. The lowest BCUT2D eigenvalue weighted by Crippen LogP contribution is -2.37. The summed E-state index contributed by atoms with van der Waals surface area (Å²) < 4.78 is 5.25. The van der Waals surface area contributed by atoms with Gasteiger partial charge in [-0.2, -0.15) is 0 Å². The number of hydroxylamine groups is 1. The van der Waals surface area contributed by atoms with Crippen LogP contribution < -0.4 is 14.7 Å². The molecular formula is C22H17ClN2O4S. The van der Waals surface area contributed by atoms with E-state index in [1.54, 1.807) is 48.6 Å². The summed E-state index contributed by atoms with van der Waals surface area (Å²) in [6.45, 7) is 0. The molecule has 3 atom stereocenters. The van der Waals surface area contributed by atoms with E-state index in [4.69, 9.17) is 21.2 Å². The molecule has 3 aromatic rings. The minimum Gasteiger partial charge on any atom is -0.497 e. The van der Waals surface area contributed by atoms with Gasteiger partial charge in [0.25, 0.3) is 5.91 Å². The molecule has 8 heteroatoms. The van der Waals surface area contributed by atoms with Gasteiger partial charge in [0.15, 0.2) is 6.10 Å². The van der Waals surface area contributed by atoms with Crippen molar-refractivity contribution in [2.75, 3.05) is 17.1 Å².